The minimum Gasteiger partial charge on any atom is -0.467 e. The standard InChI is InChI=1S/C22H26N4O6S2/c1-31-21(29)17(11-33-3)25-19(27)13-5-7-23-15(9-13)16-10-14(6-8-24-16)20(28)26-18(12-34-4)22(30)32-2/h5-10,17-18H,11-12H2,1-4H3,(H,25,27)(H,26,28). The van der Waals surface area contributed by atoms with Crippen molar-refractivity contribution in [2.24, 2.45) is 0 Å². The number of amides is 2. The van der Waals surface area contributed by atoms with Gasteiger partial charge in [0, 0.05) is 35.0 Å². The molecule has 0 aliphatic carbocycles. The summed E-state index contributed by atoms with van der Waals surface area (Å²) in [5.74, 6) is -1.30. The van der Waals surface area contributed by atoms with Gasteiger partial charge in [0.1, 0.15) is 12.1 Å². The summed E-state index contributed by atoms with van der Waals surface area (Å²) in [6.07, 6.45) is 6.50. The number of nitrogens with one attached hydrogen (secondary N) is 2. The number of pyridine rings is 2. The molecular formula is C22H26N4O6S2. The van der Waals surface area contributed by atoms with Gasteiger partial charge in [0.25, 0.3) is 11.8 Å². The van der Waals surface area contributed by atoms with E-state index in [9.17, 15) is 19.2 Å². The molecule has 12 heteroatoms. The van der Waals surface area contributed by atoms with Crippen molar-refractivity contribution in [3.05, 3.63) is 47.8 Å². The highest BCUT2D eigenvalue weighted by atomic mass is 32.2. The van der Waals surface area contributed by atoms with E-state index < -0.39 is 35.8 Å². The number of carbonyl (C=O) groups is 4. The Labute approximate surface area is 206 Å². The Bertz CT molecular complexity index is 954. The minimum atomic E-state index is -0.793. The van der Waals surface area contributed by atoms with E-state index in [2.05, 4.69) is 20.6 Å². The highest BCUT2D eigenvalue weighted by Crippen LogP contribution is 2.17. The van der Waals surface area contributed by atoms with E-state index >= 15 is 0 Å². The van der Waals surface area contributed by atoms with Crippen molar-refractivity contribution in [1.29, 1.82) is 0 Å². The molecule has 0 aromatic carbocycles. The Balaban J connectivity index is 2.23. The Hall–Kier alpha value is -3.12. The molecule has 2 N–H and O–H groups in total. The monoisotopic (exact) mass is 506 g/mol. The molecule has 2 heterocycles. The van der Waals surface area contributed by atoms with Gasteiger partial charge < -0.3 is 20.1 Å². The third kappa shape index (κ3) is 7.45. The number of methoxy groups -OCH3 is 2. The molecule has 2 amide bonds. The highest BCUT2D eigenvalue weighted by Gasteiger charge is 2.23. The molecule has 34 heavy (non-hydrogen) atoms. The molecule has 2 unspecified atom stereocenters. The van der Waals surface area contributed by atoms with Crippen LogP contribution in [0.1, 0.15) is 20.7 Å². The van der Waals surface area contributed by atoms with E-state index in [0.29, 0.717) is 22.9 Å². The molecule has 182 valence electrons. The second-order valence-electron chi connectivity index (χ2n) is 6.87. The van der Waals surface area contributed by atoms with Crippen molar-refractivity contribution >= 4 is 47.3 Å². The first-order valence-electron chi connectivity index (χ1n) is 10.0. The molecule has 0 bridgehead atoms. The van der Waals surface area contributed by atoms with Crippen LogP contribution in [0.5, 0.6) is 0 Å². The van der Waals surface area contributed by atoms with Crippen LogP contribution in [0, 0.1) is 0 Å². The normalized spacial score (nSPS) is 12.2. The molecule has 2 aromatic heterocycles. The van der Waals surface area contributed by atoms with Crippen molar-refractivity contribution in [3.8, 4) is 11.4 Å². The molecule has 0 spiro atoms. The summed E-state index contributed by atoms with van der Waals surface area (Å²) in [5, 5.41) is 5.30. The summed E-state index contributed by atoms with van der Waals surface area (Å²) in [4.78, 5) is 57.7. The number of aromatic nitrogens is 2. The van der Waals surface area contributed by atoms with Crippen molar-refractivity contribution in [1.82, 2.24) is 20.6 Å². The van der Waals surface area contributed by atoms with Gasteiger partial charge in [0.2, 0.25) is 0 Å². The molecular weight excluding hydrogens is 480 g/mol. The highest BCUT2D eigenvalue weighted by molar-refractivity contribution is 7.98. The van der Waals surface area contributed by atoms with Crippen molar-refractivity contribution in [3.63, 3.8) is 0 Å². The average Bonchev–Trinajstić information content (AvgIpc) is 2.87. The number of esters is 2. The summed E-state index contributed by atoms with van der Waals surface area (Å²) < 4.78 is 9.47. The van der Waals surface area contributed by atoms with E-state index in [0.717, 1.165) is 0 Å². The molecule has 0 aliphatic heterocycles. The lowest BCUT2D eigenvalue weighted by Gasteiger charge is -2.16. The van der Waals surface area contributed by atoms with Crippen molar-refractivity contribution in [2.45, 2.75) is 12.1 Å². The fraction of sp³-hybridized carbons (Fsp3) is 0.364. The summed E-state index contributed by atoms with van der Waals surface area (Å²) in [6, 6.07) is 4.45. The SMILES string of the molecule is COC(=O)C(CSC)NC(=O)c1ccnc(-c2cc(C(=O)NC(CSC)C(=O)OC)ccn2)c1. The van der Waals surface area contributed by atoms with Gasteiger partial charge in [-0.25, -0.2) is 9.59 Å². The van der Waals surface area contributed by atoms with Crippen LogP contribution < -0.4 is 10.6 Å². The lowest BCUT2D eigenvalue weighted by atomic mass is 10.1. The number of ether oxygens (including phenoxy) is 2. The Morgan fingerprint density at radius 1 is 0.794 bits per heavy atom. The smallest absolute Gasteiger partial charge is 0.329 e. The Morgan fingerprint density at radius 3 is 1.50 bits per heavy atom. The van der Waals surface area contributed by atoms with Crippen LogP contribution in [0.3, 0.4) is 0 Å². The zero-order valence-electron chi connectivity index (χ0n) is 19.2. The summed E-state index contributed by atoms with van der Waals surface area (Å²) in [5.41, 5.74) is 1.25. The van der Waals surface area contributed by atoms with Crippen LogP contribution in [0.15, 0.2) is 36.7 Å². The molecule has 0 saturated heterocycles. The van der Waals surface area contributed by atoms with Crippen LogP contribution >= 0.6 is 23.5 Å². The van der Waals surface area contributed by atoms with Crippen LogP contribution in [-0.4, -0.2) is 84.0 Å². The van der Waals surface area contributed by atoms with Gasteiger partial charge in [-0.1, -0.05) is 0 Å². The maximum absolute atomic E-state index is 12.7. The average molecular weight is 507 g/mol. The first-order chi connectivity index (χ1) is 16.3. The number of hydrogen-bond donors (Lipinski definition) is 2. The number of carbonyl (C=O) groups excluding carboxylic acids is 4. The van der Waals surface area contributed by atoms with Crippen LogP contribution in [-0.2, 0) is 19.1 Å². The molecule has 0 radical (unpaired) electrons. The molecule has 0 aliphatic rings. The zero-order valence-corrected chi connectivity index (χ0v) is 20.8. The summed E-state index contributed by atoms with van der Waals surface area (Å²) >= 11 is 2.80. The van der Waals surface area contributed by atoms with Crippen LogP contribution in [0.25, 0.3) is 11.4 Å². The zero-order chi connectivity index (χ0) is 25.1. The van der Waals surface area contributed by atoms with E-state index in [4.69, 9.17) is 9.47 Å². The predicted octanol–water partition coefficient (Wildman–Crippen LogP) is 1.41. The lowest BCUT2D eigenvalue weighted by molar-refractivity contribution is -0.143. The summed E-state index contributed by atoms with van der Waals surface area (Å²) in [7, 11) is 2.52. The Morgan fingerprint density at radius 2 is 1.18 bits per heavy atom. The molecule has 2 atom stereocenters. The second-order valence-corrected chi connectivity index (χ2v) is 8.69. The van der Waals surface area contributed by atoms with Gasteiger partial charge in [-0.15, -0.1) is 0 Å². The third-order valence-corrected chi connectivity index (χ3v) is 5.89. The fourth-order valence-corrected chi connectivity index (χ4v) is 3.97. The van der Waals surface area contributed by atoms with Crippen LogP contribution in [0.2, 0.25) is 0 Å². The van der Waals surface area contributed by atoms with Crippen molar-refractivity contribution in [2.75, 3.05) is 38.2 Å². The molecule has 2 aromatic rings. The number of thioether (sulfide) groups is 2. The Kier molecular flexibility index (Phi) is 10.8. The summed E-state index contributed by atoms with van der Waals surface area (Å²) in [6.45, 7) is 0. The van der Waals surface area contributed by atoms with E-state index in [1.165, 1.54) is 74.4 Å². The third-order valence-electron chi connectivity index (χ3n) is 4.56. The van der Waals surface area contributed by atoms with Gasteiger partial charge in [-0.3, -0.25) is 19.6 Å². The molecule has 10 nitrogen and oxygen atoms in total. The number of nitrogens with zero attached hydrogens (tertiary/aromatic N) is 2. The first kappa shape index (κ1) is 27.1. The molecule has 2 rings (SSSR count). The van der Waals surface area contributed by atoms with Gasteiger partial charge >= 0.3 is 11.9 Å². The maximum atomic E-state index is 12.7. The first-order valence-corrected chi connectivity index (χ1v) is 12.8. The number of hydrogen-bond acceptors (Lipinski definition) is 10. The quantitative estimate of drug-likeness (QED) is 0.431. The minimum absolute atomic E-state index is 0.266. The van der Waals surface area contributed by atoms with Crippen LogP contribution in [0.4, 0.5) is 0 Å². The van der Waals surface area contributed by atoms with Gasteiger partial charge in [-0.2, -0.15) is 23.5 Å². The van der Waals surface area contributed by atoms with Crippen molar-refractivity contribution < 1.29 is 28.7 Å². The van der Waals surface area contributed by atoms with E-state index in [-0.39, 0.29) is 11.1 Å². The van der Waals surface area contributed by atoms with E-state index in [1.54, 1.807) is 0 Å². The van der Waals surface area contributed by atoms with Gasteiger partial charge in [0.05, 0.1) is 25.6 Å². The maximum Gasteiger partial charge on any atom is 0.329 e. The topological polar surface area (TPSA) is 137 Å². The fourth-order valence-electron chi connectivity index (χ4n) is 2.86. The predicted molar refractivity (Wildman–Crippen MR) is 131 cm³/mol. The molecule has 0 fully saturated rings. The number of rotatable bonds is 11. The second kappa shape index (κ2) is 13.6. The molecule has 0 saturated carbocycles. The van der Waals surface area contributed by atoms with Gasteiger partial charge in [-0.05, 0) is 36.8 Å². The largest absolute Gasteiger partial charge is 0.467 e. The lowest BCUT2D eigenvalue weighted by Crippen LogP contribution is -2.43. The van der Waals surface area contributed by atoms with E-state index in [1.807, 2.05) is 12.5 Å². The van der Waals surface area contributed by atoms with Gasteiger partial charge in [0.15, 0.2) is 0 Å².